The average Bonchev–Trinajstić information content (AvgIpc) is 2.80. The summed E-state index contributed by atoms with van der Waals surface area (Å²) in [6.45, 7) is 6.16. The maximum atomic E-state index is 11.9. The molecule has 21 heavy (non-hydrogen) atoms. The maximum Gasteiger partial charge on any atom is 0.234 e. The fourth-order valence-corrected chi connectivity index (χ4v) is 2.64. The van der Waals surface area contributed by atoms with Crippen molar-refractivity contribution >= 4 is 23.4 Å². The Kier molecular flexibility index (Phi) is 5.01. The van der Waals surface area contributed by atoms with E-state index in [0.717, 1.165) is 16.7 Å². The van der Waals surface area contributed by atoms with Crippen LogP contribution in [0.5, 0.6) is 0 Å². The summed E-state index contributed by atoms with van der Waals surface area (Å²) in [5.74, 6) is 1.52. The summed E-state index contributed by atoms with van der Waals surface area (Å²) in [5.41, 5.74) is 1.98. The number of nitrogens with zero attached hydrogens (tertiary/aromatic N) is 3. The molecule has 2 rings (SSSR count). The SMILES string of the molecule is Cc1ccc(NC(=O)CSc2nnc(C(C)C)n2C)cc1. The minimum absolute atomic E-state index is 0.0436. The smallest absolute Gasteiger partial charge is 0.234 e. The second-order valence-electron chi connectivity index (χ2n) is 5.26. The number of thioether (sulfide) groups is 1. The first-order valence-electron chi connectivity index (χ1n) is 6.86. The molecule has 0 saturated heterocycles. The van der Waals surface area contributed by atoms with Crippen molar-refractivity contribution in [1.82, 2.24) is 14.8 Å². The topological polar surface area (TPSA) is 59.8 Å². The summed E-state index contributed by atoms with van der Waals surface area (Å²) in [6.07, 6.45) is 0. The minimum atomic E-state index is -0.0436. The number of hydrogen-bond donors (Lipinski definition) is 1. The number of hydrogen-bond acceptors (Lipinski definition) is 4. The molecule has 1 N–H and O–H groups in total. The third-order valence-electron chi connectivity index (χ3n) is 3.05. The minimum Gasteiger partial charge on any atom is -0.325 e. The summed E-state index contributed by atoms with van der Waals surface area (Å²) >= 11 is 1.39. The summed E-state index contributed by atoms with van der Waals surface area (Å²) < 4.78 is 1.94. The van der Waals surface area contributed by atoms with Crippen LogP contribution in [-0.2, 0) is 11.8 Å². The second-order valence-corrected chi connectivity index (χ2v) is 6.20. The molecule has 6 heteroatoms. The van der Waals surface area contributed by atoms with Gasteiger partial charge >= 0.3 is 0 Å². The van der Waals surface area contributed by atoms with Crippen molar-refractivity contribution in [3.63, 3.8) is 0 Å². The zero-order valence-electron chi connectivity index (χ0n) is 12.8. The number of aromatic nitrogens is 3. The van der Waals surface area contributed by atoms with Gasteiger partial charge in [0.25, 0.3) is 0 Å². The molecule has 112 valence electrons. The molecule has 0 saturated carbocycles. The number of aryl methyl sites for hydroxylation is 1. The molecule has 1 aromatic heterocycles. The molecule has 0 radical (unpaired) electrons. The zero-order chi connectivity index (χ0) is 15.4. The third-order valence-corrected chi connectivity index (χ3v) is 4.07. The van der Waals surface area contributed by atoms with Crippen LogP contribution in [0.2, 0.25) is 0 Å². The molecule has 0 spiro atoms. The number of rotatable bonds is 5. The van der Waals surface area contributed by atoms with Crippen molar-refractivity contribution in [3.05, 3.63) is 35.7 Å². The van der Waals surface area contributed by atoms with Gasteiger partial charge in [0.2, 0.25) is 5.91 Å². The van der Waals surface area contributed by atoms with E-state index in [4.69, 9.17) is 0 Å². The molecule has 1 aromatic carbocycles. The standard InChI is InChI=1S/C15H20N4OS/c1-10(2)14-17-18-15(19(14)4)21-9-13(20)16-12-7-5-11(3)6-8-12/h5-8,10H,9H2,1-4H3,(H,16,20). The number of benzene rings is 1. The molecule has 0 fully saturated rings. The number of anilines is 1. The third kappa shape index (κ3) is 4.07. The molecule has 0 bridgehead atoms. The van der Waals surface area contributed by atoms with Crippen molar-refractivity contribution in [2.24, 2.45) is 7.05 Å². The lowest BCUT2D eigenvalue weighted by Gasteiger charge is -2.07. The van der Waals surface area contributed by atoms with E-state index in [-0.39, 0.29) is 5.91 Å². The van der Waals surface area contributed by atoms with Crippen LogP contribution in [0.1, 0.15) is 31.2 Å². The highest BCUT2D eigenvalue weighted by Crippen LogP contribution is 2.20. The summed E-state index contributed by atoms with van der Waals surface area (Å²) in [5, 5.41) is 11.9. The van der Waals surface area contributed by atoms with Crippen molar-refractivity contribution in [2.75, 3.05) is 11.1 Å². The molecule has 2 aromatic rings. The predicted octanol–water partition coefficient (Wildman–Crippen LogP) is 2.98. The largest absolute Gasteiger partial charge is 0.325 e. The number of carbonyl (C=O) groups is 1. The number of carbonyl (C=O) groups excluding carboxylic acids is 1. The van der Waals surface area contributed by atoms with E-state index < -0.39 is 0 Å². The van der Waals surface area contributed by atoms with Gasteiger partial charge < -0.3 is 9.88 Å². The lowest BCUT2D eigenvalue weighted by atomic mass is 10.2. The molecule has 5 nitrogen and oxygen atoms in total. The molecule has 0 atom stereocenters. The molecule has 0 aliphatic carbocycles. The Balaban J connectivity index is 1.91. The molecule has 0 aliphatic rings. The van der Waals surface area contributed by atoms with Gasteiger partial charge in [-0.25, -0.2) is 0 Å². The van der Waals surface area contributed by atoms with Gasteiger partial charge in [-0.15, -0.1) is 10.2 Å². The van der Waals surface area contributed by atoms with E-state index in [2.05, 4.69) is 29.4 Å². The van der Waals surface area contributed by atoms with Gasteiger partial charge in [-0.2, -0.15) is 0 Å². The van der Waals surface area contributed by atoms with Crippen LogP contribution < -0.4 is 5.32 Å². The highest BCUT2D eigenvalue weighted by atomic mass is 32.2. The van der Waals surface area contributed by atoms with Crippen LogP contribution in [0, 0.1) is 6.92 Å². The Hall–Kier alpha value is -1.82. The second kappa shape index (κ2) is 6.76. The van der Waals surface area contributed by atoms with Crippen LogP contribution >= 0.6 is 11.8 Å². The predicted molar refractivity (Wildman–Crippen MR) is 85.6 cm³/mol. The number of nitrogens with one attached hydrogen (secondary N) is 1. The Morgan fingerprint density at radius 1 is 1.29 bits per heavy atom. The normalized spacial score (nSPS) is 10.9. The van der Waals surface area contributed by atoms with Gasteiger partial charge in [0.15, 0.2) is 5.16 Å². The van der Waals surface area contributed by atoms with Crippen molar-refractivity contribution in [1.29, 1.82) is 0 Å². The fourth-order valence-electron chi connectivity index (χ4n) is 1.92. The van der Waals surface area contributed by atoms with E-state index in [9.17, 15) is 4.79 Å². The fraction of sp³-hybridized carbons (Fsp3) is 0.400. The van der Waals surface area contributed by atoms with E-state index in [0.29, 0.717) is 11.7 Å². The van der Waals surface area contributed by atoms with Gasteiger partial charge in [0.05, 0.1) is 5.75 Å². The van der Waals surface area contributed by atoms with Gasteiger partial charge in [-0.3, -0.25) is 4.79 Å². The van der Waals surface area contributed by atoms with Gasteiger partial charge in [-0.05, 0) is 19.1 Å². The molecule has 1 amide bonds. The van der Waals surface area contributed by atoms with Gasteiger partial charge in [-0.1, -0.05) is 43.3 Å². The van der Waals surface area contributed by atoms with Crippen molar-refractivity contribution < 1.29 is 4.79 Å². The Morgan fingerprint density at radius 3 is 2.52 bits per heavy atom. The Bertz CT molecular complexity index is 619. The first kappa shape index (κ1) is 15.6. The lowest BCUT2D eigenvalue weighted by Crippen LogP contribution is -2.14. The molecule has 1 heterocycles. The van der Waals surface area contributed by atoms with Crippen molar-refractivity contribution in [3.8, 4) is 0 Å². The Morgan fingerprint density at radius 2 is 1.95 bits per heavy atom. The molecule has 0 aliphatic heterocycles. The van der Waals surface area contributed by atoms with Crippen molar-refractivity contribution in [2.45, 2.75) is 31.8 Å². The molecular weight excluding hydrogens is 284 g/mol. The summed E-state index contributed by atoms with van der Waals surface area (Å²) in [4.78, 5) is 11.9. The van der Waals surface area contributed by atoms with Crippen LogP contribution in [0.4, 0.5) is 5.69 Å². The van der Waals surface area contributed by atoms with Crippen LogP contribution in [0.25, 0.3) is 0 Å². The maximum absolute atomic E-state index is 11.9. The zero-order valence-corrected chi connectivity index (χ0v) is 13.6. The average molecular weight is 304 g/mol. The molecular formula is C15H20N4OS. The molecule has 0 unspecified atom stereocenters. The van der Waals surface area contributed by atoms with Crippen LogP contribution in [0.3, 0.4) is 0 Å². The van der Waals surface area contributed by atoms with E-state index in [1.807, 2.05) is 42.8 Å². The Labute approximate surface area is 129 Å². The van der Waals surface area contributed by atoms with Gasteiger partial charge in [0.1, 0.15) is 5.82 Å². The summed E-state index contributed by atoms with van der Waals surface area (Å²) in [7, 11) is 1.93. The quantitative estimate of drug-likeness (QED) is 0.863. The highest BCUT2D eigenvalue weighted by Gasteiger charge is 2.13. The van der Waals surface area contributed by atoms with Gasteiger partial charge in [0, 0.05) is 18.7 Å². The monoisotopic (exact) mass is 304 g/mol. The summed E-state index contributed by atoms with van der Waals surface area (Å²) in [6, 6.07) is 7.74. The van der Waals surface area contributed by atoms with E-state index in [1.54, 1.807) is 0 Å². The number of amides is 1. The van der Waals surface area contributed by atoms with E-state index in [1.165, 1.54) is 17.3 Å². The first-order chi connectivity index (χ1) is 9.97. The first-order valence-corrected chi connectivity index (χ1v) is 7.84. The lowest BCUT2D eigenvalue weighted by molar-refractivity contribution is -0.113. The van der Waals surface area contributed by atoms with Crippen LogP contribution in [-0.4, -0.2) is 26.4 Å². The van der Waals surface area contributed by atoms with E-state index >= 15 is 0 Å². The highest BCUT2D eigenvalue weighted by molar-refractivity contribution is 7.99. The van der Waals surface area contributed by atoms with Crippen LogP contribution in [0.15, 0.2) is 29.4 Å².